The Labute approximate surface area is 162 Å². The molecule has 2 aliphatic rings. The SMILES string of the molecule is CC1CCC2(CC1)NC(=O)N(CC(=O)N(C)Cc1ccc(Br)cc1)C2=O. The number of halogens is 1. The maximum atomic E-state index is 12.8. The molecule has 1 spiro atoms. The van der Waals surface area contributed by atoms with Gasteiger partial charge < -0.3 is 10.2 Å². The average Bonchev–Trinajstić information content (AvgIpc) is 2.84. The minimum atomic E-state index is -0.797. The van der Waals surface area contributed by atoms with E-state index in [4.69, 9.17) is 0 Å². The van der Waals surface area contributed by atoms with Crippen LogP contribution in [0.15, 0.2) is 28.7 Å². The van der Waals surface area contributed by atoms with Crippen molar-refractivity contribution in [1.29, 1.82) is 0 Å². The van der Waals surface area contributed by atoms with Crippen LogP contribution in [0.25, 0.3) is 0 Å². The summed E-state index contributed by atoms with van der Waals surface area (Å²) in [5.74, 6) is 0.0653. The molecular formula is C19H24BrN3O3. The molecule has 1 saturated heterocycles. The van der Waals surface area contributed by atoms with Crippen LogP contribution in [0.1, 0.15) is 38.2 Å². The van der Waals surface area contributed by atoms with E-state index in [1.807, 2.05) is 24.3 Å². The van der Waals surface area contributed by atoms with Gasteiger partial charge in [0.15, 0.2) is 0 Å². The Morgan fingerprint density at radius 2 is 1.88 bits per heavy atom. The predicted octanol–water partition coefficient (Wildman–Crippen LogP) is 2.91. The fourth-order valence-corrected chi connectivity index (χ4v) is 3.89. The van der Waals surface area contributed by atoms with Crippen molar-refractivity contribution in [3.63, 3.8) is 0 Å². The number of rotatable bonds is 4. The number of hydrogen-bond donors (Lipinski definition) is 1. The number of nitrogens with one attached hydrogen (secondary N) is 1. The molecule has 1 aromatic rings. The van der Waals surface area contributed by atoms with Gasteiger partial charge in [0.05, 0.1) is 0 Å². The highest BCUT2D eigenvalue weighted by atomic mass is 79.9. The third-order valence-electron chi connectivity index (χ3n) is 5.43. The molecule has 0 radical (unpaired) electrons. The van der Waals surface area contributed by atoms with Crippen molar-refractivity contribution in [2.24, 2.45) is 5.92 Å². The van der Waals surface area contributed by atoms with E-state index in [9.17, 15) is 14.4 Å². The number of imide groups is 1. The van der Waals surface area contributed by atoms with Gasteiger partial charge in [-0.15, -0.1) is 0 Å². The Bertz CT molecular complexity index is 711. The van der Waals surface area contributed by atoms with Crippen LogP contribution in [0, 0.1) is 5.92 Å². The first kappa shape index (κ1) is 18.9. The monoisotopic (exact) mass is 421 g/mol. The number of urea groups is 1. The number of hydrogen-bond acceptors (Lipinski definition) is 3. The zero-order valence-electron chi connectivity index (χ0n) is 15.1. The van der Waals surface area contributed by atoms with Crippen molar-refractivity contribution in [2.45, 2.75) is 44.7 Å². The Morgan fingerprint density at radius 3 is 2.50 bits per heavy atom. The zero-order valence-corrected chi connectivity index (χ0v) is 16.7. The van der Waals surface area contributed by atoms with Crippen LogP contribution in [-0.4, -0.2) is 46.8 Å². The van der Waals surface area contributed by atoms with Gasteiger partial charge in [-0.1, -0.05) is 35.0 Å². The van der Waals surface area contributed by atoms with Crippen molar-refractivity contribution in [2.75, 3.05) is 13.6 Å². The van der Waals surface area contributed by atoms with Crippen LogP contribution in [-0.2, 0) is 16.1 Å². The summed E-state index contributed by atoms with van der Waals surface area (Å²) in [6.07, 6.45) is 3.13. The Kier molecular flexibility index (Phi) is 5.37. The van der Waals surface area contributed by atoms with E-state index in [0.29, 0.717) is 25.3 Å². The highest BCUT2D eigenvalue weighted by molar-refractivity contribution is 9.10. The molecule has 1 aliphatic heterocycles. The van der Waals surface area contributed by atoms with Gasteiger partial charge in [-0.25, -0.2) is 4.79 Å². The normalized spacial score (nSPS) is 25.5. The van der Waals surface area contributed by atoms with Crippen molar-refractivity contribution in [1.82, 2.24) is 15.1 Å². The van der Waals surface area contributed by atoms with E-state index < -0.39 is 11.6 Å². The molecule has 26 heavy (non-hydrogen) atoms. The van der Waals surface area contributed by atoms with Crippen molar-refractivity contribution < 1.29 is 14.4 Å². The summed E-state index contributed by atoms with van der Waals surface area (Å²) < 4.78 is 0.974. The molecule has 1 heterocycles. The van der Waals surface area contributed by atoms with Gasteiger partial charge >= 0.3 is 6.03 Å². The second-order valence-corrected chi connectivity index (χ2v) is 8.38. The fraction of sp³-hybridized carbons (Fsp3) is 0.526. The van der Waals surface area contributed by atoms with E-state index in [1.165, 1.54) is 4.90 Å². The van der Waals surface area contributed by atoms with E-state index in [1.54, 1.807) is 7.05 Å². The van der Waals surface area contributed by atoms with Gasteiger partial charge in [-0.2, -0.15) is 0 Å². The maximum absolute atomic E-state index is 12.8. The Hall–Kier alpha value is -1.89. The average molecular weight is 422 g/mol. The molecule has 0 bridgehead atoms. The van der Waals surface area contributed by atoms with Gasteiger partial charge in [0, 0.05) is 18.1 Å². The minimum absolute atomic E-state index is 0.213. The van der Waals surface area contributed by atoms with Crippen molar-refractivity contribution in [3.8, 4) is 0 Å². The molecule has 7 heteroatoms. The summed E-state index contributed by atoms with van der Waals surface area (Å²) in [5.41, 5.74) is 0.188. The van der Waals surface area contributed by atoms with Crippen LogP contribution < -0.4 is 5.32 Å². The lowest BCUT2D eigenvalue weighted by Gasteiger charge is -2.33. The molecule has 1 N–H and O–H groups in total. The van der Waals surface area contributed by atoms with E-state index in [-0.39, 0.29) is 18.4 Å². The van der Waals surface area contributed by atoms with Crippen LogP contribution in [0.2, 0.25) is 0 Å². The highest BCUT2D eigenvalue weighted by Crippen LogP contribution is 2.36. The van der Waals surface area contributed by atoms with E-state index >= 15 is 0 Å². The summed E-state index contributed by atoms with van der Waals surface area (Å²) in [7, 11) is 1.68. The van der Waals surface area contributed by atoms with Crippen molar-refractivity contribution in [3.05, 3.63) is 34.3 Å². The molecule has 0 aromatic heterocycles. The fourth-order valence-electron chi connectivity index (χ4n) is 3.62. The number of amides is 4. The molecular weight excluding hydrogens is 398 g/mol. The van der Waals surface area contributed by atoms with Crippen molar-refractivity contribution >= 4 is 33.8 Å². The molecule has 2 fully saturated rings. The second kappa shape index (κ2) is 7.39. The Balaban J connectivity index is 1.62. The van der Waals surface area contributed by atoms with Crippen LogP contribution in [0.5, 0.6) is 0 Å². The minimum Gasteiger partial charge on any atom is -0.340 e. The molecule has 1 aromatic carbocycles. The topological polar surface area (TPSA) is 69.7 Å². The quantitative estimate of drug-likeness (QED) is 0.759. The number of benzene rings is 1. The lowest BCUT2D eigenvalue weighted by atomic mass is 9.77. The lowest BCUT2D eigenvalue weighted by Crippen LogP contribution is -2.50. The predicted molar refractivity (Wildman–Crippen MR) is 101 cm³/mol. The number of carbonyl (C=O) groups is 3. The van der Waals surface area contributed by atoms with Crippen LogP contribution in [0.3, 0.4) is 0 Å². The van der Waals surface area contributed by atoms with E-state index in [2.05, 4.69) is 28.2 Å². The smallest absolute Gasteiger partial charge is 0.325 e. The third kappa shape index (κ3) is 3.77. The van der Waals surface area contributed by atoms with Gasteiger partial charge in [-0.3, -0.25) is 14.5 Å². The molecule has 140 valence electrons. The van der Waals surface area contributed by atoms with Crippen LogP contribution in [0.4, 0.5) is 4.79 Å². The number of likely N-dealkylation sites (N-methyl/N-ethyl adjacent to an activating group) is 1. The summed E-state index contributed by atoms with van der Waals surface area (Å²) in [5, 5.41) is 2.85. The molecule has 6 nitrogen and oxygen atoms in total. The second-order valence-electron chi connectivity index (χ2n) is 7.46. The summed E-state index contributed by atoms with van der Waals surface area (Å²) in [6, 6.07) is 7.24. The van der Waals surface area contributed by atoms with Crippen LogP contribution >= 0.6 is 15.9 Å². The maximum Gasteiger partial charge on any atom is 0.325 e. The first-order valence-electron chi connectivity index (χ1n) is 8.93. The number of nitrogens with zero attached hydrogens (tertiary/aromatic N) is 2. The third-order valence-corrected chi connectivity index (χ3v) is 5.95. The lowest BCUT2D eigenvalue weighted by molar-refractivity contribution is -0.139. The standard InChI is InChI=1S/C19H24BrN3O3/c1-13-7-9-19(10-8-13)17(25)23(18(26)21-19)12-16(24)22(2)11-14-3-5-15(20)6-4-14/h3-6,13H,7-12H2,1-2H3,(H,21,26). The Morgan fingerprint density at radius 1 is 1.27 bits per heavy atom. The number of carbonyl (C=O) groups excluding carboxylic acids is 3. The first-order valence-corrected chi connectivity index (χ1v) is 9.72. The summed E-state index contributed by atoms with van der Waals surface area (Å²) >= 11 is 3.38. The largest absolute Gasteiger partial charge is 0.340 e. The molecule has 4 amide bonds. The van der Waals surface area contributed by atoms with Gasteiger partial charge in [0.25, 0.3) is 5.91 Å². The van der Waals surface area contributed by atoms with E-state index in [0.717, 1.165) is 27.8 Å². The zero-order chi connectivity index (χ0) is 18.9. The molecule has 3 rings (SSSR count). The van der Waals surface area contributed by atoms with Gasteiger partial charge in [-0.05, 0) is 49.3 Å². The van der Waals surface area contributed by atoms with Gasteiger partial charge in [0.2, 0.25) is 5.91 Å². The molecule has 1 aliphatic carbocycles. The molecule has 0 atom stereocenters. The van der Waals surface area contributed by atoms with Gasteiger partial charge in [0.1, 0.15) is 12.1 Å². The molecule has 0 unspecified atom stereocenters. The first-order chi connectivity index (χ1) is 12.3. The molecule has 1 saturated carbocycles. The highest BCUT2D eigenvalue weighted by Gasteiger charge is 2.52. The summed E-state index contributed by atoms with van der Waals surface area (Å²) in [6.45, 7) is 2.37. The summed E-state index contributed by atoms with van der Waals surface area (Å²) in [4.78, 5) is 40.3.